The third kappa shape index (κ3) is 4.96. The van der Waals surface area contributed by atoms with Crippen molar-refractivity contribution < 1.29 is 17.6 Å². The molecule has 1 unspecified atom stereocenters. The summed E-state index contributed by atoms with van der Waals surface area (Å²) in [6.07, 6.45) is 0.323. The third-order valence-corrected chi connectivity index (χ3v) is 4.21. The minimum absolute atomic E-state index is 0.00854. The molecule has 5 nitrogen and oxygen atoms in total. The van der Waals surface area contributed by atoms with Crippen molar-refractivity contribution in [3.05, 3.63) is 35.1 Å². The Morgan fingerprint density at radius 3 is 2.53 bits per heavy atom. The van der Waals surface area contributed by atoms with Crippen LogP contribution in [-0.4, -0.2) is 26.1 Å². The van der Waals surface area contributed by atoms with Gasteiger partial charge in [0.25, 0.3) is 0 Å². The zero-order chi connectivity index (χ0) is 14.6. The van der Waals surface area contributed by atoms with Gasteiger partial charge in [-0.05, 0) is 25.5 Å². The van der Waals surface area contributed by atoms with Crippen molar-refractivity contribution in [3.8, 4) is 0 Å². The number of halogens is 1. The van der Waals surface area contributed by atoms with Gasteiger partial charge in [0.05, 0.1) is 11.5 Å². The highest BCUT2D eigenvalue weighted by molar-refractivity contribution is 7.90. The largest absolute Gasteiger partial charge is 0.366 e. The average Bonchev–Trinajstić information content (AvgIpc) is 2.29. The maximum absolute atomic E-state index is 13.6. The Labute approximate surface area is 111 Å². The van der Waals surface area contributed by atoms with Gasteiger partial charge in [0.15, 0.2) is 9.84 Å². The van der Waals surface area contributed by atoms with Crippen LogP contribution in [0.1, 0.15) is 29.3 Å². The second-order valence-corrected chi connectivity index (χ2v) is 6.71. The van der Waals surface area contributed by atoms with Gasteiger partial charge < -0.3 is 11.5 Å². The highest BCUT2D eigenvalue weighted by Crippen LogP contribution is 2.14. The highest BCUT2D eigenvalue weighted by Gasteiger charge is 2.16. The smallest absolute Gasteiger partial charge is 0.248 e. The summed E-state index contributed by atoms with van der Waals surface area (Å²) < 4.78 is 37.2. The Balaban J connectivity index is 2.85. The number of amides is 1. The number of carbonyl (C=O) groups excluding carboxylic acids is 1. The van der Waals surface area contributed by atoms with Gasteiger partial charge >= 0.3 is 0 Å². The molecule has 0 aromatic heterocycles. The van der Waals surface area contributed by atoms with Crippen LogP contribution in [0, 0.1) is 5.82 Å². The van der Waals surface area contributed by atoms with E-state index in [1.54, 1.807) is 6.92 Å². The molecular weight excluding hydrogens is 271 g/mol. The van der Waals surface area contributed by atoms with E-state index in [9.17, 15) is 17.6 Å². The normalized spacial score (nSPS) is 13.2. The Hall–Kier alpha value is -1.47. The number of benzene rings is 1. The zero-order valence-electron chi connectivity index (χ0n) is 10.6. The number of hydrogen-bond acceptors (Lipinski definition) is 4. The second kappa shape index (κ2) is 6.12. The number of carbonyl (C=O) groups is 1. The van der Waals surface area contributed by atoms with Crippen molar-refractivity contribution >= 4 is 15.7 Å². The molecule has 1 amide bonds. The third-order valence-electron chi connectivity index (χ3n) is 2.60. The summed E-state index contributed by atoms with van der Waals surface area (Å²) in [7, 11) is -3.42. The van der Waals surface area contributed by atoms with Gasteiger partial charge in [-0.1, -0.05) is 6.07 Å². The number of nitrogens with two attached hydrogens (primary N) is 2. The van der Waals surface area contributed by atoms with Crippen molar-refractivity contribution in [1.82, 2.24) is 0 Å². The number of primary amides is 1. The monoisotopic (exact) mass is 288 g/mol. The molecule has 0 spiro atoms. The van der Waals surface area contributed by atoms with E-state index >= 15 is 0 Å². The van der Waals surface area contributed by atoms with Gasteiger partial charge in [0.1, 0.15) is 5.82 Å². The maximum atomic E-state index is 13.6. The lowest BCUT2D eigenvalue weighted by Gasteiger charge is -2.08. The minimum atomic E-state index is -3.42. The van der Waals surface area contributed by atoms with E-state index in [1.165, 1.54) is 12.1 Å². The molecular formula is C12H17FN2O3S. The predicted molar refractivity (Wildman–Crippen MR) is 70.7 cm³/mol. The van der Waals surface area contributed by atoms with Gasteiger partial charge in [-0.25, -0.2) is 12.8 Å². The van der Waals surface area contributed by atoms with Crippen LogP contribution in [0.2, 0.25) is 0 Å². The van der Waals surface area contributed by atoms with E-state index in [2.05, 4.69) is 0 Å². The fraction of sp³-hybridized carbons (Fsp3) is 0.417. The van der Waals surface area contributed by atoms with Gasteiger partial charge in [-0.3, -0.25) is 4.79 Å². The van der Waals surface area contributed by atoms with Crippen molar-refractivity contribution in [3.63, 3.8) is 0 Å². The molecule has 0 heterocycles. The molecule has 106 valence electrons. The van der Waals surface area contributed by atoms with E-state index in [1.807, 2.05) is 0 Å². The van der Waals surface area contributed by atoms with Crippen LogP contribution in [0.4, 0.5) is 4.39 Å². The van der Waals surface area contributed by atoms with Gasteiger partial charge in [-0.15, -0.1) is 0 Å². The molecule has 0 fully saturated rings. The van der Waals surface area contributed by atoms with Crippen LogP contribution in [0.15, 0.2) is 18.2 Å². The van der Waals surface area contributed by atoms with E-state index in [0.29, 0.717) is 6.42 Å². The quantitative estimate of drug-likeness (QED) is 0.799. The molecule has 4 N–H and O–H groups in total. The Morgan fingerprint density at radius 1 is 1.42 bits per heavy atom. The molecule has 0 aliphatic rings. The van der Waals surface area contributed by atoms with E-state index in [4.69, 9.17) is 11.5 Å². The summed E-state index contributed by atoms with van der Waals surface area (Å²) in [6, 6.07) is 3.29. The van der Waals surface area contributed by atoms with E-state index in [-0.39, 0.29) is 22.9 Å². The lowest BCUT2D eigenvalue weighted by Crippen LogP contribution is -2.21. The topological polar surface area (TPSA) is 103 Å². The molecule has 0 aliphatic heterocycles. The first-order chi connectivity index (χ1) is 8.71. The van der Waals surface area contributed by atoms with Crippen LogP contribution in [0.25, 0.3) is 0 Å². The average molecular weight is 288 g/mol. The molecule has 0 saturated carbocycles. The Morgan fingerprint density at radius 2 is 2.05 bits per heavy atom. The molecule has 0 radical (unpaired) electrons. The lowest BCUT2D eigenvalue weighted by atomic mass is 10.1. The fourth-order valence-corrected chi connectivity index (χ4v) is 3.08. The van der Waals surface area contributed by atoms with Crippen LogP contribution in [0.3, 0.4) is 0 Å². The Bertz CT molecular complexity index is 570. The summed E-state index contributed by atoms with van der Waals surface area (Å²) in [4.78, 5) is 10.9. The Kier molecular flexibility index (Phi) is 5.02. The summed E-state index contributed by atoms with van der Waals surface area (Å²) >= 11 is 0. The van der Waals surface area contributed by atoms with Crippen LogP contribution in [-0.2, 0) is 15.6 Å². The standard InChI is InChI=1S/C12H17FN2O3S/c1-8(14)4-5-19(17,18)7-10-3-2-9(12(15)16)6-11(10)13/h2-3,6,8H,4-5,7,14H2,1H3,(H2,15,16). The molecule has 1 aromatic carbocycles. The van der Waals surface area contributed by atoms with Gasteiger partial charge in [-0.2, -0.15) is 0 Å². The fourth-order valence-electron chi connectivity index (χ4n) is 1.49. The summed E-state index contributed by atoms with van der Waals surface area (Å²) in [6.45, 7) is 1.71. The molecule has 0 saturated heterocycles. The van der Waals surface area contributed by atoms with Crippen molar-refractivity contribution in [1.29, 1.82) is 0 Å². The minimum Gasteiger partial charge on any atom is -0.366 e. The van der Waals surface area contributed by atoms with Crippen molar-refractivity contribution in [2.75, 3.05) is 5.75 Å². The molecule has 7 heteroatoms. The van der Waals surface area contributed by atoms with Gasteiger partial charge in [0, 0.05) is 17.2 Å². The predicted octanol–water partition coefficient (Wildman–Crippen LogP) is 0.577. The number of sulfone groups is 1. The highest BCUT2D eigenvalue weighted by atomic mass is 32.2. The van der Waals surface area contributed by atoms with Gasteiger partial charge in [0.2, 0.25) is 5.91 Å². The van der Waals surface area contributed by atoms with Crippen molar-refractivity contribution in [2.24, 2.45) is 11.5 Å². The summed E-state index contributed by atoms with van der Waals surface area (Å²) in [5.74, 6) is -2.02. The first kappa shape index (κ1) is 15.6. The SMILES string of the molecule is CC(N)CCS(=O)(=O)Cc1ccc(C(N)=O)cc1F. The molecule has 1 aromatic rings. The molecule has 0 bridgehead atoms. The number of rotatable bonds is 6. The maximum Gasteiger partial charge on any atom is 0.248 e. The first-order valence-corrected chi connectivity index (χ1v) is 7.57. The number of hydrogen-bond donors (Lipinski definition) is 2. The first-order valence-electron chi connectivity index (χ1n) is 5.75. The van der Waals surface area contributed by atoms with Crippen molar-refractivity contribution in [2.45, 2.75) is 25.1 Å². The van der Waals surface area contributed by atoms with Crippen LogP contribution < -0.4 is 11.5 Å². The van der Waals surface area contributed by atoms with E-state index < -0.39 is 27.3 Å². The molecule has 1 rings (SSSR count). The van der Waals surface area contributed by atoms with Crippen LogP contribution >= 0.6 is 0 Å². The zero-order valence-corrected chi connectivity index (χ0v) is 11.4. The lowest BCUT2D eigenvalue weighted by molar-refractivity contribution is 0.1000. The molecule has 0 aliphatic carbocycles. The summed E-state index contributed by atoms with van der Waals surface area (Å²) in [5, 5.41) is 0. The van der Waals surface area contributed by atoms with Crippen LogP contribution in [0.5, 0.6) is 0 Å². The summed E-state index contributed by atoms with van der Waals surface area (Å²) in [5.41, 5.74) is 10.5. The van der Waals surface area contributed by atoms with E-state index in [0.717, 1.165) is 6.07 Å². The molecule has 1 atom stereocenters. The second-order valence-electron chi connectivity index (χ2n) is 4.53. The molecule has 19 heavy (non-hydrogen) atoms.